The minimum atomic E-state index is -2.48. The van der Waals surface area contributed by atoms with Crippen molar-refractivity contribution in [2.24, 2.45) is 46.2 Å². The number of hydrogen-bond acceptors (Lipinski definition) is 18. The topological polar surface area (TPSA) is 341 Å². The Hall–Kier alpha value is -4.06. The first kappa shape index (κ1) is 75.0. The quantitative estimate of drug-likeness (QED) is 0.0159. The van der Waals surface area contributed by atoms with Crippen molar-refractivity contribution in [1.82, 2.24) is 5.32 Å². The zero-order valence-corrected chi connectivity index (χ0v) is 51.5. The van der Waals surface area contributed by atoms with E-state index in [-0.39, 0.29) is 75.7 Å². The van der Waals surface area contributed by atoms with Gasteiger partial charge in [-0.1, -0.05) is 110 Å². The summed E-state index contributed by atoms with van der Waals surface area (Å²) < 4.78 is 23.2. The van der Waals surface area contributed by atoms with Crippen LogP contribution in [0, 0.1) is 35.5 Å². The fourth-order valence-electron chi connectivity index (χ4n) is 10.5. The number of carbonyl (C=O) groups is 3. The van der Waals surface area contributed by atoms with E-state index < -0.39 is 128 Å². The zero-order chi connectivity index (χ0) is 62.4. The Kier molecular flexibility index (Phi) is 35.8. The molecule has 83 heavy (non-hydrogen) atoms. The molecule has 0 spiro atoms. The van der Waals surface area contributed by atoms with Crippen LogP contribution in [0.5, 0.6) is 0 Å². The minimum Gasteiger partial charge on any atom is -0.465 e. The number of hydrogen-bond donors (Lipinski definition) is 12. The molecule has 0 radical (unpaired) electrons. The second-order valence-corrected chi connectivity index (χ2v) is 23.9. The van der Waals surface area contributed by atoms with Crippen LogP contribution < -0.4 is 11.1 Å². The van der Waals surface area contributed by atoms with Gasteiger partial charge in [0.05, 0.1) is 61.5 Å². The Bertz CT molecular complexity index is 2070. The smallest absolute Gasteiger partial charge is 0.334 e. The van der Waals surface area contributed by atoms with E-state index in [0.717, 1.165) is 51.4 Å². The number of nitrogens with zero attached hydrogens (tertiary/aromatic N) is 1. The number of nitrogens with two attached hydrogens (primary N) is 1. The third-order valence-corrected chi connectivity index (χ3v) is 16.5. The summed E-state index contributed by atoms with van der Waals surface area (Å²) in [7, 11) is 1.63. The summed E-state index contributed by atoms with van der Waals surface area (Å²) in [5.74, 6) is -6.34. The molecular weight excluding hydrogens is 1070 g/mol. The molecule has 2 aliphatic rings. The SMILES string of the molecule is CCCC(CC)COC(=O)CC(=O)OC1CC(O)CC2CC(O)C(O)C(O)(CC(O)C(C)CCC(O)C(C)C(O)CC(O)C(C)/C=C/C=C(\C)C(=O)OC(C(C)CCC/C=C/CCCNC(N)=NC)C(C)/C=C/C=C(\C)C(O)CC(O)C1)O2. The van der Waals surface area contributed by atoms with Crippen molar-refractivity contribution in [2.75, 3.05) is 20.2 Å². The molecule has 0 aromatic rings. The van der Waals surface area contributed by atoms with E-state index >= 15 is 0 Å². The van der Waals surface area contributed by atoms with Crippen LogP contribution in [0.25, 0.3) is 0 Å². The van der Waals surface area contributed by atoms with Crippen LogP contribution in [-0.2, 0) is 33.3 Å². The van der Waals surface area contributed by atoms with Crippen molar-refractivity contribution in [2.45, 2.75) is 257 Å². The molecule has 0 aromatic heterocycles. The molecule has 2 heterocycles. The minimum absolute atomic E-state index is 0.0632. The highest BCUT2D eigenvalue weighted by Gasteiger charge is 2.50. The molecule has 19 unspecified atom stereocenters. The molecule has 0 aliphatic carbocycles. The summed E-state index contributed by atoms with van der Waals surface area (Å²) in [5.41, 5.74) is 6.51. The van der Waals surface area contributed by atoms with E-state index in [1.807, 2.05) is 33.8 Å². The van der Waals surface area contributed by atoms with Crippen molar-refractivity contribution in [3.63, 3.8) is 0 Å². The van der Waals surface area contributed by atoms with Gasteiger partial charge in [0.2, 0.25) is 0 Å². The second kappa shape index (κ2) is 39.6. The highest BCUT2D eigenvalue weighted by molar-refractivity contribution is 5.91. The normalized spacial score (nSPS) is 36.1. The summed E-state index contributed by atoms with van der Waals surface area (Å²) in [4.78, 5) is 43.6. The van der Waals surface area contributed by atoms with E-state index in [0.29, 0.717) is 23.7 Å². The van der Waals surface area contributed by atoms with Gasteiger partial charge < -0.3 is 81.1 Å². The first-order valence-electron chi connectivity index (χ1n) is 30.5. The van der Waals surface area contributed by atoms with Gasteiger partial charge in [0.1, 0.15) is 24.7 Å². The lowest BCUT2D eigenvalue weighted by Gasteiger charge is -2.45. The number of esters is 3. The maximum Gasteiger partial charge on any atom is 0.334 e. The van der Waals surface area contributed by atoms with E-state index in [2.05, 4.69) is 22.5 Å². The van der Waals surface area contributed by atoms with Gasteiger partial charge in [-0.3, -0.25) is 14.6 Å². The summed E-state index contributed by atoms with van der Waals surface area (Å²) >= 11 is 0. The Morgan fingerprint density at radius 1 is 0.795 bits per heavy atom. The number of rotatable bonds is 17. The molecule has 0 saturated carbocycles. The van der Waals surface area contributed by atoms with Crippen molar-refractivity contribution in [3.05, 3.63) is 59.8 Å². The number of unbranched alkanes of at least 4 members (excludes halogenated alkanes) is 2. The lowest BCUT2D eigenvalue weighted by atomic mass is 9.84. The molecule has 20 heteroatoms. The molecule has 1 fully saturated rings. The van der Waals surface area contributed by atoms with Gasteiger partial charge in [0.15, 0.2) is 11.7 Å². The van der Waals surface area contributed by atoms with Crippen molar-refractivity contribution >= 4 is 23.9 Å². The number of ether oxygens (including phenoxy) is 4. The van der Waals surface area contributed by atoms with E-state index in [1.54, 1.807) is 72.0 Å². The second-order valence-electron chi connectivity index (χ2n) is 23.9. The lowest BCUT2D eigenvalue weighted by molar-refractivity contribution is -0.333. The Morgan fingerprint density at radius 3 is 2.08 bits per heavy atom. The van der Waals surface area contributed by atoms with E-state index in [1.165, 1.54) is 0 Å². The van der Waals surface area contributed by atoms with Crippen LogP contribution in [0.1, 0.15) is 178 Å². The fourth-order valence-corrected chi connectivity index (χ4v) is 10.5. The zero-order valence-electron chi connectivity index (χ0n) is 51.5. The van der Waals surface area contributed by atoms with Crippen molar-refractivity contribution in [1.29, 1.82) is 0 Å². The third kappa shape index (κ3) is 28.8. The standard InChI is InChI=1S/C63H109N3O17/c1-11-21-46(12-2)38-80-57(75)36-58(76)81-49-30-47(67)32-50-34-55(73)60(77)63(79,83-50)37-56(74)41(5)27-28-51(69)45(9)54(72)35-53(71)40(4)24-20-26-44(8)61(78)82-59(43(7)25-19-23-39(3)52(70)33-48(68)31-49)42(6)22-17-15-13-14-16-18-29-66-62(64)65-10/h13-14,19-20,23-26,40-43,45-56,59-60,67-74,77,79H,11-12,15-18,21-22,27-38H2,1-10H3,(H3,64,65,66)/b14-13+,24-20+,25-19+,39-23+,44-26+. The van der Waals surface area contributed by atoms with Gasteiger partial charge in [-0.25, -0.2) is 4.79 Å². The summed E-state index contributed by atoms with van der Waals surface area (Å²) in [6.45, 7) is 17.2. The first-order valence-corrected chi connectivity index (χ1v) is 30.5. The summed E-state index contributed by atoms with van der Waals surface area (Å²) in [5, 5.41) is 115. The molecule has 2 rings (SSSR count). The molecule has 0 aromatic carbocycles. The van der Waals surface area contributed by atoms with Gasteiger partial charge in [-0.05, 0) is 95.0 Å². The maximum absolute atomic E-state index is 13.7. The number of cyclic esters (lactones) is 1. The average Bonchev–Trinajstić information content (AvgIpc) is 3.52. The molecule has 13 N–H and O–H groups in total. The number of nitrogens with one attached hydrogen (secondary N) is 1. The van der Waals surface area contributed by atoms with Crippen molar-refractivity contribution in [3.8, 4) is 0 Å². The monoisotopic (exact) mass is 1180 g/mol. The number of aliphatic hydroxyl groups is 10. The lowest BCUT2D eigenvalue weighted by Crippen LogP contribution is -2.59. The van der Waals surface area contributed by atoms with Crippen LogP contribution in [-0.4, -0.2) is 174 Å². The van der Waals surface area contributed by atoms with E-state index in [4.69, 9.17) is 24.7 Å². The predicted octanol–water partition coefficient (Wildman–Crippen LogP) is 5.66. The Balaban J connectivity index is 2.49. The van der Waals surface area contributed by atoms with Crippen molar-refractivity contribution < 1.29 is 84.4 Å². The highest BCUT2D eigenvalue weighted by atomic mass is 16.7. The number of guanidine groups is 1. The van der Waals surface area contributed by atoms with Crippen LogP contribution >= 0.6 is 0 Å². The predicted molar refractivity (Wildman–Crippen MR) is 319 cm³/mol. The third-order valence-electron chi connectivity index (χ3n) is 16.5. The molecule has 2 bridgehead atoms. The fraction of sp³-hybridized carbons (Fsp3) is 0.778. The number of fused-ring (bicyclic) bond motifs is 2. The molecular formula is C63H109N3O17. The van der Waals surface area contributed by atoms with Gasteiger partial charge in [-0.15, -0.1) is 0 Å². The first-order chi connectivity index (χ1) is 39.1. The van der Waals surface area contributed by atoms with Gasteiger partial charge in [0, 0.05) is 75.4 Å². The number of aliphatic imine (C=N–C) groups is 1. The molecule has 478 valence electrons. The van der Waals surface area contributed by atoms with Gasteiger partial charge in [0.25, 0.3) is 0 Å². The van der Waals surface area contributed by atoms with Crippen LogP contribution in [0.2, 0.25) is 0 Å². The largest absolute Gasteiger partial charge is 0.465 e. The molecule has 19 atom stereocenters. The molecule has 0 amide bonds. The summed E-state index contributed by atoms with van der Waals surface area (Å²) in [6, 6.07) is 0. The molecule has 2 aliphatic heterocycles. The van der Waals surface area contributed by atoms with Gasteiger partial charge in [-0.2, -0.15) is 0 Å². The highest BCUT2D eigenvalue weighted by Crippen LogP contribution is 2.36. The summed E-state index contributed by atoms with van der Waals surface area (Å²) in [6.07, 6.45) is 4.39. The van der Waals surface area contributed by atoms with Gasteiger partial charge >= 0.3 is 17.9 Å². The van der Waals surface area contributed by atoms with Crippen LogP contribution in [0.15, 0.2) is 64.7 Å². The number of carbonyl (C=O) groups excluding carboxylic acids is 3. The number of aliphatic hydroxyl groups excluding tert-OH is 9. The van der Waals surface area contributed by atoms with E-state index in [9.17, 15) is 65.4 Å². The maximum atomic E-state index is 13.7. The molecule has 1 saturated heterocycles. The Morgan fingerprint density at radius 2 is 1.43 bits per heavy atom. The molecule has 20 nitrogen and oxygen atoms in total. The van der Waals surface area contributed by atoms with Crippen LogP contribution in [0.3, 0.4) is 0 Å². The number of allylic oxidation sites excluding steroid dienone is 6. The Labute approximate surface area is 495 Å². The average molecular weight is 1180 g/mol. The van der Waals surface area contributed by atoms with Crippen LogP contribution in [0.4, 0.5) is 0 Å².